The second-order valence-electron chi connectivity index (χ2n) is 6.20. The van der Waals surface area contributed by atoms with E-state index in [1.165, 1.54) is 20.9 Å². The van der Waals surface area contributed by atoms with Crippen molar-refractivity contribution in [2.24, 2.45) is 0 Å². The number of hydrogen-bond donors (Lipinski definition) is 0. The Bertz CT molecular complexity index is 1050. The van der Waals surface area contributed by atoms with Crippen LogP contribution in [0.5, 0.6) is 0 Å². The first kappa shape index (κ1) is 18.1. The minimum absolute atomic E-state index is 0.0425. The quantitative estimate of drug-likeness (QED) is 0.687. The number of amides is 1. The van der Waals surface area contributed by atoms with Gasteiger partial charge in [-0.2, -0.15) is 0 Å². The van der Waals surface area contributed by atoms with Gasteiger partial charge in [-0.1, -0.05) is 47.6 Å². The minimum atomic E-state index is -3.97. The number of sulfonamides is 1. The lowest BCUT2D eigenvalue weighted by Crippen LogP contribution is -2.33. The predicted molar refractivity (Wildman–Crippen MR) is 98.2 cm³/mol. The average molecular weight is 372 g/mol. The Kier molecular flexibility index (Phi) is 4.82. The number of aromatic nitrogens is 1. The van der Waals surface area contributed by atoms with Gasteiger partial charge in [0.25, 0.3) is 10.0 Å². The summed E-state index contributed by atoms with van der Waals surface area (Å²) < 4.78 is 31.0. The van der Waals surface area contributed by atoms with Crippen molar-refractivity contribution in [1.29, 1.82) is 0 Å². The van der Waals surface area contributed by atoms with E-state index in [-0.39, 0.29) is 22.8 Å². The Morgan fingerprint density at radius 1 is 1.12 bits per heavy atom. The normalized spacial score (nSPS) is 11.7. The van der Waals surface area contributed by atoms with Gasteiger partial charge in [0.1, 0.15) is 5.69 Å². The molecule has 1 amide bonds. The monoisotopic (exact) mass is 372 g/mol. The molecule has 7 heteroatoms. The number of hydrogen-bond acceptors (Lipinski definition) is 5. The number of carbonyl (C=O) groups is 1. The lowest BCUT2D eigenvalue weighted by molar-refractivity contribution is -0.125. The van der Waals surface area contributed by atoms with Gasteiger partial charge in [0, 0.05) is 13.5 Å². The average Bonchev–Trinajstić information content (AvgIpc) is 2.97. The van der Waals surface area contributed by atoms with E-state index in [9.17, 15) is 13.2 Å². The molecular formula is C19H20N2O4S. The Morgan fingerprint density at radius 3 is 2.46 bits per heavy atom. The highest BCUT2D eigenvalue weighted by Gasteiger charge is 2.31. The Morgan fingerprint density at radius 2 is 1.81 bits per heavy atom. The number of fused-ring (bicyclic) bond motifs is 1. The largest absolute Gasteiger partial charge is 0.360 e. The molecule has 0 aliphatic heterocycles. The van der Waals surface area contributed by atoms with Crippen LogP contribution in [0.25, 0.3) is 10.8 Å². The molecule has 3 aromatic rings. The molecule has 0 saturated carbocycles. The summed E-state index contributed by atoms with van der Waals surface area (Å²) in [6.07, 6.45) is 0.558. The van der Waals surface area contributed by atoms with Gasteiger partial charge in [-0.25, -0.2) is 12.7 Å². The van der Waals surface area contributed by atoms with E-state index in [1.807, 2.05) is 42.5 Å². The number of carbonyl (C=O) groups excluding carboxylic acids is 1. The van der Waals surface area contributed by atoms with Crippen LogP contribution >= 0.6 is 0 Å². The fraction of sp³-hybridized carbons (Fsp3) is 0.263. The molecule has 1 heterocycles. The van der Waals surface area contributed by atoms with E-state index in [1.54, 1.807) is 0 Å². The molecular weight excluding hydrogens is 352 g/mol. The Labute approximate surface area is 152 Å². The van der Waals surface area contributed by atoms with Crippen molar-refractivity contribution in [1.82, 2.24) is 9.46 Å². The van der Waals surface area contributed by atoms with E-state index >= 15 is 0 Å². The summed E-state index contributed by atoms with van der Waals surface area (Å²) in [6.45, 7) is 3.05. The SMILES string of the molecule is Cc1noc(C)c1S(=O)(=O)N(C)C(=O)CCc1ccc2ccccc2c1. The molecule has 0 aliphatic rings. The highest BCUT2D eigenvalue weighted by Crippen LogP contribution is 2.23. The standard InChI is InChI=1S/C19H20N2O4S/c1-13-19(14(2)25-20-13)26(23,24)21(3)18(22)11-9-15-8-10-16-6-4-5-7-17(16)12-15/h4-8,10,12H,9,11H2,1-3H3. The number of aryl methyl sites for hydroxylation is 3. The summed E-state index contributed by atoms with van der Waals surface area (Å²) >= 11 is 0. The predicted octanol–water partition coefficient (Wildman–Crippen LogP) is 3.22. The number of nitrogens with zero attached hydrogens (tertiary/aromatic N) is 2. The van der Waals surface area contributed by atoms with Crippen molar-refractivity contribution in [2.45, 2.75) is 31.6 Å². The van der Waals surface area contributed by atoms with Gasteiger partial charge in [-0.05, 0) is 36.6 Å². The third kappa shape index (κ3) is 3.35. The van der Waals surface area contributed by atoms with Gasteiger partial charge in [-0.15, -0.1) is 0 Å². The van der Waals surface area contributed by atoms with Gasteiger partial charge in [0.05, 0.1) is 0 Å². The lowest BCUT2D eigenvalue weighted by atomic mass is 10.0. The van der Waals surface area contributed by atoms with Crippen LogP contribution in [-0.4, -0.2) is 30.8 Å². The van der Waals surface area contributed by atoms with E-state index in [2.05, 4.69) is 5.16 Å². The van der Waals surface area contributed by atoms with Gasteiger partial charge in [0.2, 0.25) is 5.91 Å². The van der Waals surface area contributed by atoms with E-state index in [0.717, 1.165) is 20.6 Å². The Hall–Kier alpha value is -2.67. The van der Waals surface area contributed by atoms with E-state index in [0.29, 0.717) is 6.42 Å². The molecule has 0 N–H and O–H groups in total. The molecule has 0 unspecified atom stereocenters. The highest BCUT2D eigenvalue weighted by atomic mass is 32.2. The van der Waals surface area contributed by atoms with Crippen molar-refractivity contribution >= 4 is 26.7 Å². The maximum atomic E-state index is 12.7. The molecule has 0 aliphatic carbocycles. The van der Waals surface area contributed by atoms with Crippen molar-refractivity contribution in [2.75, 3.05) is 7.05 Å². The first-order valence-electron chi connectivity index (χ1n) is 8.23. The molecule has 0 fully saturated rings. The van der Waals surface area contributed by atoms with Crippen molar-refractivity contribution in [3.63, 3.8) is 0 Å². The fourth-order valence-corrected chi connectivity index (χ4v) is 4.36. The first-order valence-corrected chi connectivity index (χ1v) is 9.67. The van der Waals surface area contributed by atoms with Crippen LogP contribution in [0.1, 0.15) is 23.4 Å². The molecule has 0 radical (unpaired) electrons. The second kappa shape index (κ2) is 6.92. The summed E-state index contributed by atoms with van der Waals surface area (Å²) in [5.74, 6) is -0.296. The molecule has 0 spiro atoms. The molecule has 26 heavy (non-hydrogen) atoms. The van der Waals surface area contributed by atoms with Crippen LogP contribution in [0.15, 0.2) is 51.9 Å². The third-order valence-electron chi connectivity index (χ3n) is 4.38. The van der Waals surface area contributed by atoms with Crippen LogP contribution in [0.2, 0.25) is 0 Å². The Balaban J connectivity index is 1.74. The van der Waals surface area contributed by atoms with Crippen LogP contribution in [0.4, 0.5) is 0 Å². The maximum Gasteiger partial charge on any atom is 0.271 e. The fourth-order valence-electron chi connectivity index (χ4n) is 2.92. The highest BCUT2D eigenvalue weighted by molar-refractivity contribution is 7.89. The van der Waals surface area contributed by atoms with Crippen LogP contribution < -0.4 is 0 Å². The summed E-state index contributed by atoms with van der Waals surface area (Å²) in [6, 6.07) is 13.9. The zero-order chi connectivity index (χ0) is 18.9. The second-order valence-corrected chi connectivity index (χ2v) is 8.11. The summed E-state index contributed by atoms with van der Waals surface area (Å²) in [5.41, 5.74) is 1.23. The smallest absolute Gasteiger partial charge is 0.271 e. The zero-order valence-electron chi connectivity index (χ0n) is 14.9. The molecule has 0 atom stereocenters. The van der Waals surface area contributed by atoms with Gasteiger partial charge >= 0.3 is 0 Å². The van der Waals surface area contributed by atoms with E-state index in [4.69, 9.17) is 4.52 Å². The van der Waals surface area contributed by atoms with Crippen LogP contribution in [0.3, 0.4) is 0 Å². The van der Waals surface area contributed by atoms with E-state index < -0.39 is 15.9 Å². The van der Waals surface area contributed by atoms with Crippen molar-refractivity contribution in [3.8, 4) is 0 Å². The first-order chi connectivity index (χ1) is 12.3. The molecule has 3 rings (SSSR count). The maximum absolute atomic E-state index is 12.7. The lowest BCUT2D eigenvalue weighted by Gasteiger charge is -2.17. The van der Waals surface area contributed by atoms with Crippen LogP contribution in [0, 0.1) is 13.8 Å². The van der Waals surface area contributed by atoms with Crippen molar-refractivity contribution < 1.29 is 17.7 Å². The number of benzene rings is 2. The topological polar surface area (TPSA) is 80.5 Å². The minimum Gasteiger partial charge on any atom is -0.360 e. The molecule has 6 nitrogen and oxygen atoms in total. The molecule has 136 valence electrons. The number of rotatable bonds is 5. The van der Waals surface area contributed by atoms with Crippen molar-refractivity contribution in [3.05, 3.63) is 59.5 Å². The summed E-state index contributed by atoms with van der Waals surface area (Å²) in [5, 5.41) is 5.87. The van der Waals surface area contributed by atoms with Gasteiger partial charge in [0.15, 0.2) is 10.7 Å². The summed E-state index contributed by atoms with van der Waals surface area (Å²) in [4.78, 5) is 12.4. The zero-order valence-corrected chi connectivity index (χ0v) is 15.7. The third-order valence-corrected chi connectivity index (χ3v) is 6.40. The van der Waals surface area contributed by atoms with Crippen LogP contribution in [-0.2, 0) is 21.2 Å². The molecule has 0 bridgehead atoms. The molecule has 0 saturated heterocycles. The van der Waals surface area contributed by atoms with Gasteiger partial charge in [-0.3, -0.25) is 4.79 Å². The molecule has 1 aromatic heterocycles. The van der Waals surface area contributed by atoms with Gasteiger partial charge < -0.3 is 4.52 Å². The molecule has 2 aromatic carbocycles. The summed E-state index contributed by atoms with van der Waals surface area (Å²) in [7, 11) is -2.70.